The first-order valence-electron chi connectivity index (χ1n) is 6.56. The highest BCUT2D eigenvalue weighted by atomic mass is 16.6. The predicted octanol–water partition coefficient (Wildman–Crippen LogP) is 2.97. The van der Waals surface area contributed by atoms with Crippen LogP contribution in [0.4, 0.5) is 10.5 Å². The summed E-state index contributed by atoms with van der Waals surface area (Å²) in [7, 11) is 1.53. The van der Waals surface area contributed by atoms with Crippen LogP contribution in [0.2, 0.25) is 0 Å². The van der Waals surface area contributed by atoms with Gasteiger partial charge < -0.3 is 14.6 Å². The van der Waals surface area contributed by atoms with Crippen molar-refractivity contribution < 1.29 is 19.4 Å². The summed E-state index contributed by atoms with van der Waals surface area (Å²) in [5, 5.41) is 12.0. The van der Waals surface area contributed by atoms with Gasteiger partial charge >= 0.3 is 6.09 Å². The lowest BCUT2D eigenvalue weighted by Gasteiger charge is -2.20. The topological polar surface area (TPSA) is 67.8 Å². The van der Waals surface area contributed by atoms with Crippen LogP contribution in [0.5, 0.6) is 5.75 Å². The molecule has 1 aromatic carbocycles. The van der Waals surface area contributed by atoms with Gasteiger partial charge in [-0.15, -0.1) is 0 Å². The second-order valence-electron chi connectivity index (χ2n) is 5.71. The Balaban J connectivity index is 2.82. The number of hydrogen-bond acceptors (Lipinski definition) is 4. The highest BCUT2D eigenvalue weighted by molar-refractivity contribution is 5.87. The first-order chi connectivity index (χ1) is 9.21. The average molecular weight is 281 g/mol. The van der Waals surface area contributed by atoms with Crippen LogP contribution in [0, 0.1) is 0 Å². The fourth-order valence-corrected chi connectivity index (χ4v) is 1.72. The first-order valence-corrected chi connectivity index (χ1v) is 6.56. The fraction of sp³-hybridized carbons (Fsp3) is 0.533. The molecular formula is C15H23NO4. The van der Waals surface area contributed by atoms with E-state index in [9.17, 15) is 9.90 Å². The van der Waals surface area contributed by atoms with Crippen LogP contribution >= 0.6 is 0 Å². The lowest BCUT2D eigenvalue weighted by Crippen LogP contribution is -2.27. The summed E-state index contributed by atoms with van der Waals surface area (Å²) in [5.74, 6) is 0.536. The smallest absolute Gasteiger partial charge is 0.412 e. The minimum atomic E-state index is -0.552. The summed E-state index contributed by atoms with van der Waals surface area (Å²) in [6.45, 7) is 7.12. The number of methoxy groups -OCH3 is 1. The number of carbonyl (C=O) groups is 1. The molecule has 5 heteroatoms. The summed E-state index contributed by atoms with van der Waals surface area (Å²) in [5.41, 5.74) is 0.923. The van der Waals surface area contributed by atoms with Crippen LogP contribution in [-0.4, -0.2) is 30.0 Å². The van der Waals surface area contributed by atoms with Crippen LogP contribution in [0.3, 0.4) is 0 Å². The van der Waals surface area contributed by atoms with Crippen molar-refractivity contribution in [1.82, 2.24) is 0 Å². The van der Waals surface area contributed by atoms with Crippen molar-refractivity contribution in [2.75, 3.05) is 12.4 Å². The summed E-state index contributed by atoms with van der Waals surface area (Å²) in [6, 6.07) is 5.36. The van der Waals surface area contributed by atoms with E-state index in [1.54, 1.807) is 39.8 Å². The van der Waals surface area contributed by atoms with E-state index in [1.807, 2.05) is 6.07 Å². The van der Waals surface area contributed by atoms with Gasteiger partial charge in [-0.25, -0.2) is 4.79 Å². The Hall–Kier alpha value is -1.75. The van der Waals surface area contributed by atoms with Crippen molar-refractivity contribution in [2.45, 2.75) is 45.8 Å². The zero-order valence-electron chi connectivity index (χ0n) is 12.7. The Morgan fingerprint density at radius 1 is 1.40 bits per heavy atom. The second kappa shape index (κ2) is 6.61. The van der Waals surface area contributed by atoms with Crippen molar-refractivity contribution in [3.05, 3.63) is 23.8 Å². The van der Waals surface area contributed by atoms with E-state index in [2.05, 4.69) is 5.32 Å². The van der Waals surface area contributed by atoms with E-state index in [4.69, 9.17) is 9.47 Å². The van der Waals surface area contributed by atoms with Gasteiger partial charge in [-0.1, -0.05) is 6.07 Å². The number of carbonyl (C=O) groups excluding carboxylic acids is 1. The number of ether oxygens (including phenoxy) is 2. The van der Waals surface area contributed by atoms with E-state index in [0.717, 1.165) is 5.56 Å². The van der Waals surface area contributed by atoms with Crippen molar-refractivity contribution in [1.29, 1.82) is 0 Å². The molecule has 1 rings (SSSR count). The maximum Gasteiger partial charge on any atom is 0.412 e. The fourth-order valence-electron chi connectivity index (χ4n) is 1.72. The Morgan fingerprint density at radius 2 is 2.05 bits per heavy atom. The van der Waals surface area contributed by atoms with E-state index >= 15 is 0 Å². The molecule has 1 amide bonds. The molecule has 0 fully saturated rings. The van der Waals surface area contributed by atoms with Crippen molar-refractivity contribution in [3.63, 3.8) is 0 Å². The van der Waals surface area contributed by atoms with E-state index in [1.165, 1.54) is 7.11 Å². The van der Waals surface area contributed by atoms with Crippen molar-refractivity contribution in [2.24, 2.45) is 0 Å². The standard InChI is InChI=1S/C15H23NO4/c1-10(17)8-11-6-7-12(13(9-11)19-5)16-14(18)20-15(2,3)4/h6-7,9-10,17H,8H2,1-5H3,(H,16,18)/t10-/m1/s1. The van der Waals surface area contributed by atoms with Gasteiger partial charge in [0.1, 0.15) is 11.4 Å². The summed E-state index contributed by atoms with van der Waals surface area (Å²) >= 11 is 0. The number of aliphatic hydroxyl groups excluding tert-OH is 1. The number of aliphatic hydroxyl groups is 1. The molecule has 0 aliphatic rings. The maximum atomic E-state index is 11.7. The second-order valence-corrected chi connectivity index (χ2v) is 5.71. The molecule has 0 aliphatic carbocycles. The molecule has 0 aromatic heterocycles. The Kier molecular flexibility index (Phi) is 5.39. The average Bonchev–Trinajstić information content (AvgIpc) is 2.27. The molecule has 0 spiro atoms. The molecular weight excluding hydrogens is 258 g/mol. The molecule has 0 saturated carbocycles. The van der Waals surface area contributed by atoms with E-state index in [0.29, 0.717) is 17.9 Å². The quantitative estimate of drug-likeness (QED) is 0.890. The SMILES string of the molecule is COc1cc(C[C@@H](C)O)ccc1NC(=O)OC(C)(C)C. The van der Waals surface area contributed by atoms with Crippen molar-refractivity contribution >= 4 is 11.8 Å². The summed E-state index contributed by atoms with van der Waals surface area (Å²) in [6.07, 6.45) is -0.424. The zero-order valence-corrected chi connectivity index (χ0v) is 12.7. The molecule has 2 N–H and O–H groups in total. The molecule has 1 aromatic rings. The minimum Gasteiger partial charge on any atom is -0.495 e. The first kappa shape index (κ1) is 16.3. The third-order valence-electron chi connectivity index (χ3n) is 2.43. The molecule has 5 nitrogen and oxygen atoms in total. The van der Waals surface area contributed by atoms with Gasteiger partial charge in [0.25, 0.3) is 0 Å². The lowest BCUT2D eigenvalue weighted by molar-refractivity contribution is 0.0635. The number of amides is 1. The largest absolute Gasteiger partial charge is 0.495 e. The number of anilines is 1. The van der Waals surface area contributed by atoms with Crippen LogP contribution in [0.1, 0.15) is 33.3 Å². The third kappa shape index (κ3) is 5.48. The molecule has 0 aliphatic heterocycles. The normalized spacial score (nSPS) is 12.7. The van der Waals surface area contributed by atoms with Crippen LogP contribution in [-0.2, 0) is 11.2 Å². The van der Waals surface area contributed by atoms with Crippen LogP contribution in [0.25, 0.3) is 0 Å². The predicted molar refractivity (Wildman–Crippen MR) is 78.2 cm³/mol. The number of benzene rings is 1. The minimum absolute atomic E-state index is 0.427. The molecule has 0 heterocycles. The number of hydrogen-bond donors (Lipinski definition) is 2. The molecule has 0 radical (unpaired) electrons. The monoisotopic (exact) mass is 281 g/mol. The van der Waals surface area contributed by atoms with Crippen LogP contribution in [0.15, 0.2) is 18.2 Å². The number of nitrogens with one attached hydrogen (secondary N) is 1. The van der Waals surface area contributed by atoms with Gasteiger partial charge in [-0.3, -0.25) is 5.32 Å². The van der Waals surface area contributed by atoms with Gasteiger partial charge in [0.05, 0.1) is 18.9 Å². The highest BCUT2D eigenvalue weighted by Crippen LogP contribution is 2.26. The van der Waals surface area contributed by atoms with E-state index < -0.39 is 17.8 Å². The molecule has 0 saturated heterocycles. The highest BCUT2D eigenvalue weighted by Gasteiger charge is 2.17. The lowest BCUT2D eigenvalue weighted by atomic mass is 10.1. The Bertz CT molecular complexity index is 463. The summed E-state index contributed by atoms with van der Waals surface area (Å²) < 4.78 is 10.4. The third-order valence-corrected chi connectivity index (χ3v) is 2.43. The van der Waals surface area contributed by atoms with Gasteiger partial charge in [0.15, 0.2) is 0 Å². The van der Waals surface area contributed by atoms with Crippen LogP contribution < -0.4 is 10.1 Å². The molecule has 1 atom stereocenters. The van der Waals surface area contributed by atoms with Gasteiger partial charge in [-0.2, -0.15) is 0 Å². The zero-order chi connectivity index (χ0) is 15.3. The maximum absolute atomic E-state index is 11.7. The number of rotatable bonds is 4. The Labute approximate surface area is 119 Å². The Morgan fingerprint density at radius 3 is 2.55 bits per heavy atom. The molecule has 0 bridgehead atoms. The molecule has 112 valence electrons. The summed E-state index contributed by atoms with van der Waals surface area (Å²) in [4.78, 5) is 11.7. The van der Waals surface area contributed by atoms with E-state index in [-0.39, 0.29) is 0 Å². The molecule has 0 unspecified atom stereocenters. The molecule has 20 heavy (non-hydrogen) atoms. The van der Waals surface area contributed by atoms with Gasteiger partial charge in [0, 0.05) is 0 Å². The van der Waals surface area contributed by atoms with Gasteiger partial charge in [-0.05, 0) is 51.8 Å². The van der Waals surface area contributed by atoms with Crippen molar-refractivity contribution in [3.8, 4) is 5.75 Å². The van der Waals surface area contributed by atoms with Gasteiger partial charge in [0.2, 0.25) is 0 Å².